The van der Waals surface area contributed by atoms with Crippen molar-refractivity contribution in [1.29, 1.82) is 0 Å². The summed E-state index contributed by atoms with van der Waals surface area (Å²) in [5.41, 5.74) is 0. The van der Waals surface area contributed by atoms with E-state index < -0.39 is 0 Å². The molecule has 4 nitrogen and oxygen atoms in total. The van der Waals surface area contributed by atoms with E-state index in [2.05, 4.69) is 10.6 Å². The van der Waals surface area contributed by atoms with Gasteiger partial charge in [-0.15, -0.1) is 0 Å². The monoisotopic (exact) mass is 300 g/mol. The van der Waals surface area contributed by atoms with Crippen LogP contribution in [-0.2, 0) is 9.59 Å². The number of hydrogen-bond acceptors (Lipinski definition) is 3. The van der Waals surface area contributed by atoms with Crippen LogP contribution >= 0.6 is 0 Å². The highest BCUT2D eigenvalue weighted by molar-refractivity contribution is 5.78. The molecule has 0 atom stereocenters. The third-order valence-electron chi connectivity index (χ3n) is 3.02. The molecule has 0 heterocycles. The van der Waals surface area contributed by atoms with Crippen molar-refractivity contribution in [3.63, 3.8) is 0 Å². The zero-order chi connectivity index (χ0) is 16.5. The SMILES string of the molecule is CC.CCC(=O)CCCCCCCNC(=O)CNC(C)C. The minimum absolute atomic E-state index is 0.0715. The van der Waals surface area contributed by atoms with E-state index in [9.17, 15) is 9.59 Å². The van der Waals surface area contributed by atoms with E-state index in [1.807, 2.05) is 34.6 Å². The van der Waals surface area contributed by atoms with Gasteiger partial charge in [-0.1, -0.05) is 53.9 Å². The fraction of sp³-hybridized carbons (Fsp3) is 0.882. The van der Waals surface area contributed by atoms with Crippen LogP contribution in [0.25, 0.3) is 0 Å². The van der Waals surface area contributed by atoms with Gasteiger partial charge < -0.3 is 10.6 Å². The second kappa shape index (κ2) is 17.2. The molecule has 1 amide bonds. The lowest BCUT2D eigenvalue weighted by Crippen LogP contribution is -2.37. The number of carbonyl (C=O) groups excluding carboxylic acids is 2. The minimum Gasteiger partial charge on any atom is -0.355 e. The summed E-state index contributed by atoms with van der Waals surface area (Å²) in [6.45, 7) is 11.1. The summed E-state index contributed by atoms with van der Waals surface area (Å²) in [5.74, 6) is 0.437. The van der Waals surface area contributed by atoms with Crippen LogP contribution in [0, 0.1) is 0 Å². The van der Waals surface area contributed by atoms with Crippen LogP contribution in [0.4, 0.5) is 0 Å². The van der Waals surface area contributed by atoms with Crippen LogP contribution in [0.1, 0.15) is 79.6 Å². The Morgan fingerprint density at radius 2 is 1.52 bits per heavy atom. The Morgan fingerprint density at radius 3 is 2.10 bits per heavy atom. The largest absolute Gasteiger partial charge is 0.355 e. The first kappa shape index (κ1) is 22.4. The Labute approximate surface area is 131 Å². The standard InChI is InChI=1S/C15H30N2O2.C2H6/c1-4-14(18)10-8-6-5-7-9-11-16-15(19)12-17-13(2)3;1-2/h13,17H,4-12H2,1-3H3,(H,16,19);1-2H3. The summed E-state index contributed by atoms with van der Waals surface area (Å²) >= 11 is 0. The maximum Gasteiger partial charge on any atom is 0.233 e. The lowest BCUT2D eigenvalue weighted by Gasteiger charge is -2.08. The molecule has 4 heteroatoms. The molecule has 126 valence electrons. The fourth-order valence-corrected chi connectivity index (χ4v) is 1.74. The Balaban J connectivity index is 0. The Hall–Kier alpha value is -0.900. The van der Waals surface area contributed by atoms with Crippen molar-refractivity contribution < 1.29 is 9.59 Å². The molecule has 2 N–H and O–H groups in total. The molecule has 0 aliphatic rings. The first-order chi connectivity index (χ1) is 10.1. The molecule has 0 bridgehead atoms. The highest BCUT2D eigenvalue weighted by atomic mass is 16.1. The number of nitrogens with one attached hydrogen (secondary N) is 2. The van der Waals surface area contributed by atoms with Crippen molar-refractivity contribution in [3.05, 3.63) is 0 Å². The average Bonchev–Trinajstić information content (AvgIpc) is 2.49. The highest BCUT2D eigenvalue weighted by Gasteiger charge is 2.01. The highest BCUT2D eigenvalue weighted by Crippen LogP contribution is 2.06. The van der Waals surface area contributed by atoms with Crippen molar-refractivity contribution in [3.8, 4) is 0 Å². The number of hydrogen-bond donors (Lipinski definition) is 2. The van der Waals surface area contributed by atoms with Gasteiger partial charge in [-0.05, 0) is 12.8 Å². The zero-order valence-electron chi connectivity index (χ0n) is 14.8. The van der Waals surface area contributed by atoms with E-state index in [0.717, 1.165) is 45.1 Å². The molecule has 0 aromatic carbocycles. The maximum absolute atomic E-state index is 11.4. The summed E-state index contributed by atoms with van der Waals surface area (Å²) in [6, 6.07) is 0.344. The van der Waals surface area contributed by atoms with Crippen LogP contribution in [0.5, 0.6) is 0 Å². The predicted molar refractivity (Wildman–Crippen MR) is 90.5 cm³/mol. The summed E-state index contributed by atoms with van der Waals surface area (Å²) in [5, 5.41) is 5.99. The predicted octanol–water partition coefficient (Wildman–Crippen LogP) is 3.45. The smallest absolute Gasteiger partial charge is 0.233 e. The summed E-state index contributed by atoms with van der Waals surface area (Å²) in [7, 11) is 0. The number of ketones is 1. The van der Waals surface area contributed by atoms with E-state index in [0.29, 0.717) is 24.8 Å². The van der Waals surface area contributed by atoms with Gasteiger partial charge in [0.05, 0.1) is 6.54 Å². The maximum atomic E-state index is 11.4. The van der Waals surface area contributed by atoms with Gasteiger partial charge in [-0.25, -0.2) is 0 Å². The molecule has 0 aliphatic carbocycles. The van der Waals surface area contributed by atoms with Gasteiger partial charge in [0, 0.05) is 25.4 Å². The molecular weight excluding hydrogens is 264 g/mol. The van der Waals surface area contributed by atoms with Gasteiger partial charge in [-0.2, -0.15) is 0 Å². The zero-order valence-corrected chi connectivity index (χ0v) is 14.8. The van der Waals surface area contributed by atoms with Gasteiger partial charge in [0.15, 0.2) is 0 Å². The van der Waals surface area contributed by atoms with Crippen LogP contribution in [0.3, 0.4) is 0 Å². The quantitative estimate of drug-likeness (QED) is 0.543. The van der Waals surface area contributed by atoms with Crippen molar-refractivity contribution in [2.75, 3.05) is 13.1 Å². The van der Waals surface area contributed by atoms with Crippen molar-refractivity contribution in [2.45, 2.75) is 85.6 Å². The molecule has 0 aromatic rings. The molecule has 0 fully saturated rings. The third-order valence-corrected chi connectivity index (χ3v) is 3.02. The summed E-state index contributed by atoms with van der Waals surface area (Å²) < 4.78 is 0. The Bertz CT molecular complexity index is 253. The van der Waals surface area contributed by atoms with E-state index in [1.165, 1.54) is 0 Å². The summed E-state index contributed by atoms with van der Waals surface area (Å²) in [6.07, 6.45) is 6.82. The van der Waals surface area contributed by atoms with Crippen LogP contribution in [0.2, 0.25) is 0 Å². The van der Waals surface area contributed by atoms with Crippen LogP contribution < -0.4 is 10.6 Å². The molecule has 0 rings (SSSR count). The van der Waals surface area contributed by atoms with Gasteiger partial charge in [-0.3, -0.25) is 9.59 Å². The van der Waals surface area contributed by atoms with Crippen molar-refractivity contribution in [1.82, 2.24) is 10.6 Å². The van der Waals surface area contributed by atoms with Crippen molar-refractivity contribution in [2.24, 2.45) is 0 Å². The van der Waals surface area contributed by atoms with Crippen LogP contribution in [-0.4, -0.2) is 30.8 Å². The number of Topliss-reactive ketones (excluding diaryl/α,β-unsaturated/α-hetero) is 1. The Morgan fingerprint density at radius 1 is 0.952 bits per heavy atom. The second-order valence-electron chi connectivity index (χ2n) is 5.30. The van der Waals surface area contributed by atoms with Crippen molar-refractivity contribution >= 4 is 11.7 Å². The van der Waals surface area contributed by atoms with Gasteiger partial charge in [0.2, 0.25) is 5.91 Å². The molecule has 21 heavy (non-hydrogen) atoms. The lowest BCUT2D eigenvalue weighted by molar-refractivity contribution is -0.120. The Kier molecular flexibility index (Phi) is 18.3. The normalized spacial score (nSPS) is 10.0. The van der Waals surface area contributed by atoms with E-state index in [4.69, 9.17) is 0 Å². The van der Waals surface area contributed by atoms with Gasteiger partial charge >= 0.3 is 0 Å². The van der Waals surface area contributed by atoms with Gasteiger partial charge in [0.25, 0.3) is 0 Å². The van der Waals surface area contributed by atoms with E-state index in [-0.39, 0.29) is 5.91 Å². The molecule has 0 aromatic heterocycles. The molecule has 0 spiro atoms. The number of rotatable bonds is 12. The first-order valence-corrected chi connectivity index (χ1v) is 8.58. The average molecular weight is 300 g/mol. The fourth-order valence-electron chi connectivity index (χ4n) is 1.74. The molecule has 0 radical (unpaired) electrons. The number of carbonyl (C=O) groups is 2. The topological polar surface area (TPSA) is 58.2 Å². The lowest BCUT2D eigenvalue weighted by atomic mass is 10.1. The second-order valence-corrected chi connectivity index (χ2v) is 5.30. The molecule has 0 unspecified atom stereocenters. The third kappa shape index (κ3) is 19.1. The number of unbranched alkanes of at least 4 members (excludes halogenated alkanes) is 4. The summed E-state index contributed by atoms with van der Waals surface area (Å²) in [4.78, 5) is 22.5. The number of amides is 1. The first-order valence-electron chi connectivity index (χ1n) is 8.58. The van der Waals surface area contributed by atoms with E-state index >= 15 is 0 Å². The molecule has 0 aliphatic heterocycles. The molecule has 0 saturated heterocycles. The molecule has 0 saturated carbocycles. The molecular formula is C17H36N2O2. The van der Waals surface area contributed by atoms with E-state index in [1.54, 1.807) is 0 Å². The van der Waals surface area contributed by atoms with Gasteiger partial charge in [0.1, 0.15) is 5.78 Å². The minimum atomic E-state index is 0.0715. The van der Waals surface area contributed by atoms with Crippen LogP contribution in [0.15, 0.2) is 0 Å².